The summed E-state index contributed by atoms with van der Waals surface area (Å²) in [6, 6.07) is 7.26. The molecule has 3 heteroatoms. The first-order chi connectivity index (χ1) is 7.15. The molecule has 1 aromatic rings. The van der Waals surface area contributed by atoms with Crippen molar-refractivity contribution in [1.82, 2.24) is 0 Å². The van der Waals surface area contributed by atoms with E-state index in [2.05, 4.69) is 0 Å². The van der Waals surface area contributed by atoms with Crippen molar-refractivity contribution in [3.63, 3.8) is 0 Å². The van der Waals surface area contributed by atoms with Crippen LogP contribution in [0.25, 0.3) is 5.70 Å². The van der Waals surface area contributed by atoms with Gasteiger partial charge in [-0.1, -0.05) is 31.5 Å². The fraction of sp³-hybridized carbons (Fsp3) is 0.250. The van der Waals surface area contributed by atoms with Crippen molar-refractivity contribution >= 4 is 17.3 Å². The Morgan fingerprint density at radius 2 is 2.07 bits per heavy atom. The summed E-state index contributed by atoms with van der Waals surface area (Å²) in [5, 5.41) is 9.08. The van der Waals surface area contributed by atoms with Crippen LogP contribution in [0.2, 0.25) is 5.02 Å². The third-order valence-electron chi connectivity index (χ3n) is 1.72. The number of rotatable bonds is 1. The number of benzene rings is 1. The second-order valence-corrected chi connectivity index (χ2v) is 3.12. The van der Waals surface area contributed by atoms with Crippen LogP contribution in [0.4, 0.5) is 0 Å². The van der Waals surface area contributed by atoms with Gasteiger partial charge in [0.2, 0.25) is 0 Å². The lowest BCUT2D eigenvalue weighted by Gasteiger charge is -2.04. The number of hydrogen-bond acceptors (Lipinski definition) is 2. The summed E-state index contributed by atoms with van der Waals surface area (Å²) in [6.07, 6.45) is 1.32. The van der Waals surface area contributed by atoms with E-state index in [9.17, 15) is 0 Å². The summed E-state index contributed by atoms with van der Waals surface area (Å²) < 4.78 is 0. The summed E-state index contributed by atoms with van der Waals surface area (Å²) in [7, 11) is 0. The van der Waals surface area contributed by atoms with Crippen LogP contribution in [0.15, 0.2) is 24.3 Å². The molecule has 0 saturated heterocycles. The average molecular weight is 223 g/mol. The van der Waals surface area contributed by atoms with Crippen molar-refractivity contribution in [3.8, 4) is 6.07 Å². The minimum atomic E-state index is 0.469. The summed E-state index contributed by atoms with van der Waals surface area (Å²) in [5.74, 6) is 0. The van der Waals surface area contributed by atoms with Gasteiger partial charge in [-0.2, -0.15) is 5.26 Å². The fourth-order valence-electron chi connectivity index (χ4n) is 1.10. The van der Waals surface area contributed by atoms with Crippen LogP contribution in [0.1, 0.15) is 25.0 Å². The Balaban J connectivity index is 0.000000921. The van der Waals surface area contributed by atoms with Gasteiger partial charge in [0.15, 0.2) is 0 Å². The Hall–Kier alpha value is -1.46. The van der Waals surface area contributed by atoms with Crippen LogP contribution in [-0.2, 0) is 0 Å². The Morgan fingerprint density at radius 1 is 1.47 bits per heavy atom. The molecule has 0 fully saturated rings. The highest BCUT2D eigenvalue weighted by atomic mass is 35.5. The van der Waals surface area contributed by atoms with Gasteiger partial charge >= 0.3 is 0 Å². The van der Waals surface area contributed by atoms with Crippen molar-refractivity contribution in [2.45, 2.75) is 20.8 Å². The molecule has 1 aromatic carbocycles. The van der Waals surface area contributed by atoms with Crippen molar-refractivity contribution in [3.05, 3.63) is 40.4 Å². The smallest absolute Gasteiger partial charge is 0.0933 e. The SMILES string of the molecule is CC.Cc1cc(Cl)ccc1/C(N)=C\C#N. The Morgan fingerprint density at radius 3 is 2.53 bits per heavy atom. The Labute approximate surface area is 96.0 Å². The minimum absolute atomic E-state index is 0.469. The van der Waals surface area contributed by atoms with Gasteiger partial charge in [0.1, 0.15) is 0 Å². The first kappa shape index (κ1) is 13.5. The van der Waals surface area contributed by atoms with E-state index < -0.39 is 0 Å². The van der Waals surface area contributed by atoms with Crippen LogP contribution in [0, 0.1) is 18.3 Å². The van der Waals surface area contributed by atoms with Gasteiger partial charge in [-0.25, -0.2) is 0 Å². The molecule has 2 nitrogen and oxygen atoms in total. The van der Waals surface area contributed by atoms with Gasteiger partial charge in [-0.15, -0.1) is 0 Å². The molecule has 1 rings (SSSR count). The normalized spacial score (nSPS) is 9.93. The minimum Gasteiger partial charge on any atom is -0.398 e. The summed E-state index contributed by atoms with van der Waals surface area (Å²) >= 11 is 5.77. The third kappa shape index (κ3) is 4.05. The van der Waals surface area contributed by atoms with E-state index in [4.69, 9.17) is 22.6 Å². The summed E-state index contributed by atoms with van der Waals surface area (Å²) in [4.78, 5) is 0. The van der Waals surface area contributed by atoms with E-state index >= 15 is 0 Å². The quantitative estimate of drug-likeness (QED) is 0.740. The monoisotopic (exact) mass is 222 g/mol. The first-order valence-electron chi connectivity index (χ1n) is 4.77. The van der Waals surface area contributed by atoms with Crippen LogP contribution in [0.3, 0.4) is 0 Å². The van der Waals surface area contributed by atoms with E-state index in [1.165, 1.54) is 6.08 Å². The molecule has 15 heavy (non-hydrogen) atoms. The lowest BCUT2D eigenvalue weighted by molar-refractivity contribution is 1.39. The highest BCUT2D eigenvalue weighted by molar-refractivity contribution is 6.30. The molecular weight excluding hydrogens is 208 g/mol. The molecule has 80 valence electrons. The number of allylic oxidation sites excluding steroid dienone is 1. The molecule has 0 atom stereocenters. The fourth-order valence-corrected chi connectivity index (χ4v) is 1.32. The third-order valence-corrected chi connectivity index (χ3v) is 1.95. The maximum Gasteiger partial charge on any atom is 0.0933 e. The molecule has 2 N–H and O–H groups in total. The van der Waals surface area contributed by atoms with Crippen molar-refractivity contribution in [2.24, 2.45) is 5.73 Å². The molecule has 0 amide bonds. The average Bonchev–Trinajstić information content (AvgIpc) is 2.21. The zero-order valence-electron chi connectivity index (χ0n) is 9.21. The van der Waals surface area contributed by atoms with Gasteiger partial charge in [-0.3, -0.25) is 0 Å². The van der Waals surface area contributed by atoms with Gasteiger partial charge in [0, 0.05) is 22.4 Å². The van der Waals surface area contributed by atoms with Crippen molar-refractivity contribution < 1.29 is 0 Å². The standard InChI is InChI=1S/C10H9ClN2.C2H6/c1-7-6-8(11)2-3-9(7)10(13)4-5-12;1-2/h2-4,6H,13H2,1H3;1-2H3/b10-4+;. The maximum atomic E-state index is 8.41. The molecular formula is C12H15ClN2. The highest BCUT2D eigenvalue weighted by Gasteiger charge is 2.00. The zero-order chi connectivity index (χ0) is 11.8. The molecule has 0 saturated carbocycles. The predicted octanol–water partition coefficient (Wildman–Crippen LogP) is 3.50. The second kappa shape index (κ2) is 6.92. The first-order valence-corrected chi connectivity index (χ1v) is 5.14. The zero-order valence-corrected chi connectivity index (χ0v) is 9.97. The molecule has 0 aliphatic rings. The highest BCUT2D eigenvalue weighted by Crippen LogP contribution is 2.18. The number of nitriles is 1. The number of nitrogens with zero attached hydrogens (tertiary/aromatic N) is 1. The van der Waals surface area contributed by atoms with Crippen molar-refractivity contribution in [2.75, 3.05) is 0 Å². The number of aryl methyl sites for hydroxylation is 1. The van der Waals surface area contributed by atoms with E-state index in [1.807, 2.05) is 32.9 Å². The van der Waals surface area contributed by atoms with Crippen molar-refractivity contribution in [1.29, 1.82) is 5.26 Å². The summed E-state index contributed by atoms with van der Waals surface area (Å²) in [6.45, 7) is 5.90. The van der Waals surface area contributed by atoms with Crippen LogP contribution in [-0.4, -0.2) is 0 Å². The predicted molar refractivity (Wildman–Crippen MR) is 65.3 cm³/mol. The molecule has 0 aromatic heterocycles. The molecule has 0 unspecified atom stereocenters. The molecule has 0 aliphatic heterocycles. The van der Waals surface area contributed by atoms with Crippen LogP contribution >= 0.6 is 11.6 Å². The maximum absolute atomic E-state index is 8.41. The van der Waals surface area contributed by atoms with Crippen LogP contribution in [0.5, 0.6) is 0 Å². The number of halogens is 1. The molecule has 0 spiro atoms. The lowest BCUT2D eigenvalue weighted by Crippen LogP contribution is -1.98. The Bertz CT molecular complexity index is 389. The van der Waals surface area contributed by atoms with Gasteiger partial charge in [0.05, 0.1) is 6.07 Å². The van der Waals surface area contributed by atoms with Gasteiger partial charge < -0.3 is 5.73 Å². The lowest BCUT2D eigenvalue weighted by atomic mass is 10.1. The van der Waals surface area contributed by atoms with E-state index in [0.29, 0.717) is 10.7 Å². The molecule has 0 radical (unpaired) electrons. The number of hydrogen-bond donors (Lipinski definition) is 1. The van der Waals surface area contributed by atoms with E-state index in [0.717, 1.165) is 11.1 Å². The van der Waals surface area contributed by atoms with Gasteiger partial charge in [0.25, 0.3) is 0 Å². The molecule has 0 heterocycles. The molecule has 0 bridgehead atoms. The topological polar surface area (TPSA) is 49.8 Å². The van der Waals surface area contributed by atoms with E-state index in [1.54, 1.807) is 12.1 Å². The molecule has 0 aliphatic carbocycles. The van der Waals surface area contributed by atoms with Crippen LogP contribution < -0.4 is 5.73 Å². The summed E-state index contributed by atoms with van der Waals surface area (Å²) in [5.41, 5.74) is 7.94. The number of nitrogens with two attached hydrogens (primary N) is 1. The largest absolute Gasteiger partial charge is 0.398 e. The van der Waals surface area contributed by atoms with Gasteiger partial charge in [-0.05, 0) is 24.6 Å². The van der Waals surface area contributed by atoms with E-state index in [-0.39, 0.29) is 0 Å². The Kier molecular flexibility index (Phi) is 6.24. The second-order valence-electron chi connectivity index (χ2n) is 2.69.